The Labute approximate surface area is 210 Å². The lowest BCUT2D eigenvalue weighted by molar-refractivity contribution is -0.123. The third-order valence-electron chi connectivity index (χ3n) is 5.68. The predicted molar refractivity (Wildman–Crippen MR) is 137 cm³/mol. The molecule has 2 saturated heterocycles. The molecule has 2 aliphatic heterocycles. The molecule has 0 spiro atoms. The van der Waals surface area contributed by atoms with Crippen LogP contribution in [0.4, 0.5) is 0 Å². The topological polar surface area (TPSA) is 107 Å². The first kappa shape index (κ1) is 23.5. The smallest absolute Gasteiger partial charge is 0.269 e. The maximum atomic E-state index is 13.4. The standard InChI is InChI=1S/C23H19N3O6S3/c1-31-15-5-7-16(8-6-15)32-20-17(21(27)25-10-3-2-4-19(25)24-20)12-18-22(28)26(23(33)34-18)14-9-11-35(29,30)13-14/h2-8,10,12,14H,9,11,13H2,1H3/b18-12-. The summed E-state index contributed by atoms with van der Waals surface area (Å²) in [5, 5.41) is 0. The third-order valence-corrected chi connectivity index (χ3v) is 8.76. The van der Waals surface area contributed by atoms with Crippen LogP contribution in [0, 0.1) is 0 Å². The minimum Gasteiger partial charge on any atom is -0.497 e. The molecule has 12 heteroatoms. The Kier molecular flexibility index (Phi) is 6.11. The van der Waals surface area contributed by atoms with Crippen LogP contribution in [0.2, 0.25) is 0 Å². The molecule has 4 heterocycles. The third kappa shape index (κ3) is 4.56. The minimum absolute atomic E-state index is 0.0174. The van der Waals surface area contributed by atoms with Crippen molar-refractivity contribution in [3.8, 4) is 17.4 Å². The van der Waals surface area contributed by atoms with Gasteiger partial charge < -0.3 is 9.47 Å². The highest BCUT2D eigenvalue weighted by Gasteiger charge is 2.42. The largest absolute Gasteiger partial charge is 0.497 e. The molecule has 2 aliphatic rings. The zero-order valence-electron chi connectivity index (χ0n) is 18.4. The molecule has 35 heavy (non-hydrogen) atoms. The fourth-order valence-corrected chi connectivity index (χ4v) is 7.03. The first-order chi connectivity index (χ1) is 16.8. The van der Waals surface area contributed by atoms with Crippen molar-refractivity contribution in [3.05, 3.63) is 69.5 Å². The molecule has 3 aromatic rings. The van der Waals surface area contributed by atoms with Gasteiger partial charge in [0, 0.05) is 6.20 Å². The SMILES string of the molecule is COc1ccc(Oc2nc3ccccn3c(=O)c2/C=C2\SC(=S)N(C3CCS(=O)(=O)C3)C2=O)cc1. The second-order valence-corrected chi connectivity index (χ2v) is 11.9. The normalized spacial score (nSPS) is 20.7. The van der Waals surface area contributed by atoms with E-state index in [1.165, 1.54) is 15.4 Å². The second-order valence-electron chi connectivity index (χ2n) is 7.95. The molecule has 0 saturated carbocycles. The average Bonchev–Trinajstić information content (AvgIpc) is 3.33. The van der Waals surface area contributed by atoms with Crippen LogP contribution in [0.5, 0.6) is 17.4 Å². The fourth-order valence-electron chi connectivity index (χ4n) is 3.94. The number of thioether (sulfide) groups is 1. The lowest BCUT2D eigenvalue weighted by Crippen LogP contribution is -2.39. The first-order valence-electron chi connectivity index (χ1n) is 10.6. The number of carbonyl (C=O) groups excluding carboxylic acids is 1. The van der Waals surface area contributed by atoms with Crippen molar-refractivity contribution in [1.82, 2.24) is 14.3 Å². The molecule has 2 fully saturated rings. The van der Waals surface area contributed by atoms with Crippen molar-refractivity contribution in [1.29, 1.82) is 0 Å². The van der Waals surface area contributed by atoms with E-state index in [-0.39, 0.29) is 32.2 Å². The highest BCUT2D eigenvalue weighted by atomic mass is 32.2. The Bertz CT molecular complexity index is 1550. The summed E-state index contributed by atoms with van der Waals surface area (Å²) >= 11 is 6.41. The van der Waals surface area contributed by atoms with E-state index in [9.17, 15) is 18.0 Å². The van der Waals surface area contributed by atoms with Crippen molar-refractivity contribution in [2.45, 2.75) is 12.5 Å². The minimum atomic E-state index is -3.21. The van der Waals surface area contributed by atoms with Gasteiger partial charge in [-0.15, -0.1) is 0 Å². The summed E-state index contributed by atoms with van der Waals surface area (Å²) in [6.45, 7) is 0. The van der Waals surface area contributed by atoms with E-state index in [4.69, 9.17) is 21.7 Å². The molecule has 0 aliphatic carbocycles. The number of hydrogen-bond acceptors (Lipinski definition) is 9. The van der Waals surface area contributed by atoms with Crippen LogP contribution in [0.15, 0.2) is 58.4 Å². The van der Waals surface area contributed by atoms with Crippen LogP contribution in [0.25, 0.3) is 11.7 Å². The van der Waals surface area contributed by atoms with Crippen LogP contribution >= 0.6 is 24.0 Å². The molecular weight excluding hydrogens is 510 g/mol. The Hall–Kier alpha value is -3.22. The number of ether oxygens (including phenoxy) is 2. The van der Waals surface area contributed by atoms with Crippen LogP contribution in [0.3, 0.4) is 0 Å². The van der Waals surface area contributed by atoms with Crippen LogP contribution in [-0.2, 0) is 14.6 Å². The van der Waals surface area contributed by atoms with Crippen LogP contribution in [-0.4, -0.2) is 57.6 Å². The lowest BCUT2D eigenvalue weighted by Gasteiger charge is -2.20. The molecule has 1 aromatic carbocycles. The number of sulfone groups is 1. The average molecular weight is 530 g/mol. The highest BCUT2D eigenvalue weighted by Crippen LogP contribution is 2.37. The first-order valence-corrected chi connectivity index (χ1v) is 13.6. The van der Waals surface area contributed by atoms with Gasteiger partial charge in [-0.05, 0) is 48.9 Å². The molecule has 0 radical (unpaired) electrons. The molecule has 9 nitrogen and oxygen atoms in total. The van der Waals surface area contributed by atoms with Gasteiger partial charge in [0.25, 0.3) is 11.5 Å². The van der Waals surface area contributed by atoms with Gasteiger partial charge in [0.05, 0.1) is 29.6 Å². The molecule has 0 N–H and O–H groups in total. The lowest BCUT2D eigenvalue weighted by atomic mass is 10.2. The quantitative estimate of drug-likeness (QED) is 0.364. The van der Waals surface area contributed by atoms with Crippen molar-refractivity contribution >= 4 is 55.8 Å². The van der Waals surface area contributed by atoms with Gasteiger partial charge in [-0.25, -0.2) is 8.42 Å². The number of rotatable bonds is 5. The Morgan fingerprint density at radius 2 is 1.89 bits per heavy atom. The van der Waals surface area contributed by atoms with E-state index < -0.39 is 27.3 Å². The van der Waals surface area contributed by atoms with Crippen LogP contribution in [0.1, 0.15) is 12.0 Å². The number of pyridine rings is 1. The van der Waals surface area contributed by atoms with Gasteiger partial charge >= 0.3 is 0 Å². The van der Waals surface area contributed by atoms with E-state index in [2.05, 4.69) is 4.98 Å². The summed E-state index contributed by atoms with van der Waals surface area (Å²) < 4.78 is 36.6. The maximum Gasteiger partial charge on any atom is 0.269 e. The van der Waals surface area contributed by atoms with Crippen molar-refractivity contribution < 1.29 is 22.7 Å². The summed E-state index contributed by atoms with van der Waals surface area (Å²) in [5.41, 5.74) is 0.0266. The van der Waals surface area contributed by atoms with Gasteiger partial charge in [0.15, 0.2) is 9.84 Å². The van der Waals surface area contributed by atoms with Crippen molar-refractivity contribution in [2.24, 2.45) is 0 Å². The number of benzene rings is 1. The Morgan fingerprint density at radius 3 is 2.57 bits per heavy atom. The number of aromatic nitrogens is 2. The number of methoxy groups -OCH3 is 1. The molecule has 2 aromatic heterocycles. The Morgan fingerprint density at radius 1 is 1.14 bits per heavy atom. The molecule has 1 unspecified atom stereocenters. The van der Waals surface area contributed by atoms with E-state index >= 15 is 0 Å². The monoisotopic (exact) mass is 529 g/mol. The van der Waals surface area contributed by atoms with Crippen molar-refractivity contribution in [3.63, 3.8) is 0 Å². The fraction of sp³-hybridized carbons (Fsp3) is 0.217. The highest BCUT2D eigenvalue weighted by molar-refractivity contribution is 8.26. The Balaban J connectivity index is 1.56. The number of carbonyl (C=O) groups is 1. The second kappa shape index (κ2) is 9.10. The van der Waals surface area contributed by atoms with Gasteiger partial charge in [-0.2, -0.15) is 4.98 Å². The number of nitrogens with zero attached hydrogens (tertiary/aromatic N) is 3. The summed E-state index contributed by atoms with van der Waals surface area (Å²) in [5.74, 6) is 0.552. The van der Waals surface area contributed by atoms with Crippen molar-refractivity contribution in [2.75, 3.05) is 18.6 Å². The molecular formula is C23H19N3O6S3. The summed E-state index contributed by atoms with van der Waals surface area (Å²) in [4.78, 5) is 32.6. The van der Waals surface area contributed by atoms with Gasteiger partial charge in [0.1, 0.15) is 27.0 Å². The van der Waals surface area contributed by atoms with Gasteiger partial charge in [-0.3, -0.25) is 18.9 Å². The number of amides is 1. The van der Waals surface area contributed by atoms with E-state index in [1.54, 1.807) is 55.8 Å². The number of fused-ring (bicyclic) bond motifs is 1. The van der Waals surface area contributed by atoms with Crippen LogP contribution < -0.4 is 15.0 Å². The molecule has 180 valence electrons. The summed E-state index contributed by atoms with van der Waals surface area (Å²) in [7, 11) is -1.66. The maximum absolute atomic E-state index is 13.4. The predicted octanol–water partition coefficient (Wildman–Crippen LogP) is 2.88. The molecule has 0 bridgehead atoms. The molecule has 5 rings (SSSR count). The zero-order chi connectivity index (χ0) is 24.7. The van der Waals surface area contributed by atoms with E-state index in [0.29, 0.717) is 23.6 Å². The van der Waals surface area contributed by atoms with E-state index in [0.717, 1.165) is 11.8 Å². The zero-order valence-corrected chi connectivity index (χ0v) is 20.9. The van der Waals surface area contributed by atoms with E-state index in [1.807, 2.05) is 0 Å². The number of hydrogen-bond donors (Lipinski definition) is 0. The summed E-state index contributed by atoms with van der Waals surface area (Å²) in [6, 6.07) is 11.4. The summed E-state index contributed by atoms with van der Waals surface area (Å²) in [6.07, 6.45) is 3.32. The molecule has 1 amide bonds. The van der Waals surface area contributed by atoms with Gasteiger partial charge in [-0.1, -0.05) is 30.0 Å². The number of thiocarbonyl (C=S) groups is 1. The van der Waals surface area contributed by atoms with Gasteiger partial charge in [0.2, 0.25) is 5.88 Å². The molecule has 1 atom stereocenters.